The molecule has 2 aromatic rings. The van der Waals surface area contributed by atoms with E-state index in [1.165, 1.54) is 0 Å². The SMILES string of the molecule is CC(NC(=O)C1(c2ccccc2Cl)CCOCC1)c1ccncc1. The molecule has 0 spiro atoms. The molecule has 4 nitrogen and oxygen atoms in total. The van der Waals surface area contributed by atoms with Crippen molar-refractivity contribution in [2.24, 2.45) is 0 Å². The van der Waals surface area contributed by atoms with Crippen LogP contribution in [0.15, 0.2) is 48.8 Å². The summed E-state index contributed by atoms with van der Waals surface area (Å²) in [6, 6.07) is 11.3. The third kappa shape index (κ3) is 3.30. The van der Waals surface area contributed by atoms with Gasteiger partial charge in [0.15, 0.2) is 0 Å². The molecule has 0 radical (unpaired) electrons. The van der Waals surface area contributed by atoms with Crippen LogP contribution in [0, 0.1) is 0 Å². The first kappa shape index (κ1) is 16.9. The lowest BCUT2D eigenvalue weighted by atomic mass is 9.73. The molecule has 1 aliphatic heterocycles. The highest BCUT2D eigenvalue weighted by Crippen LogP contribution is 2.39. The van der Waals surface area contributed by atoms with Gasteiger partial charge in [-0.3, -0.25) is 9.78 Å². The highest BCUT2D eigenvalue weighted by molar-refractivity contribution is 6.31. The van der Waals surface area contributed by atoms with Gasteiger partial charge < -0.3 is 10.1 Å². The number of aromatic nitrogens is 1. The van der Waals surface area contributed by atoms with Gasteiger partial charge in [-0.2, -0.15) is 0 Å². The second-order valence-corrected chi connectivity index (χ2v) is 6.56. The Morgan fingerprint density at radius 1 is 1.21 bits per heavy atom. The summed E-state index contributed by atoms with van der Waals surface area (Å²) < 4.78 is 5.49. The van der Waals surface area contributed by atoms with E-state index in [9.17, 15) is 4.79 Å². The Morgan fingerprint density at radius 2 is 1.88 bits per heavy atom. The summed E-state index contributed by atoms with van der Waals surface area (Å²) >= 11 is 6.42. The van der Waals surface area contributed by atoms with E-state index in [0.29, 0.717) is 31.1 Å². The van der Waals surface area contributed by atoms with Crippen molar-refractivity contribution in [1.82, 2.24) is 10.3 Å². The number of rotatable bonds is 4. The zero-order valence-corrected chi connectivity index (χ0v) is 14.4. The Hall–Kier alpha value is -1.91. The monoisotopic (exact) mass is 344 g/mol. The molecule has 1 unspecified atom stereocenters. The molecule has 1 atom stereocenters. The van der Waals surface area contributed by atoms with Crippen molar-refractivity contribution >= 4 is 17.5 Å². The number of carbonyl (C=O) groups is 1. The van der Waals surface area contributed by atoms with Crippen molar-refractivity contribution in [3.05, 3.63) is 64.9 Å². The van der Waals surface area contributed by atoms with E-state index in [-0.39, 0.29) is 11.9 Å². The number of pyridine rings is 1. The number of benzene rings is 1. The summed E-state index contributed by atoms with van der Waals surface area (Å²) in [5.74, 6) is 0.00297. The number of amides is 1. The number of hydrogen-bond donors (Lipinski definition) is 1. The first-order valence-corrected chi connectivity index (χ1v) is 8.55. The number of nitrogens with zero attached hydrogens (tertiary/aromatic N) is 1. The van der Waals surface area contributed by atoms with Crippen LogP contribution in [0.1, 0.15) is 36.9 Å². The Balaban J connectivity index is 1.89. The van der Waals surface area contributed by atoms with E-state index in [1.54, 1.807) is 12.4 Å². The van der Waals surface area contributed by atoms with Crippen LogP contribution in [0.25, 0.3) is 0 Å². The van der Waals surface area contributed by atoms with E-state index < -0.39 is 5.41 Å². The van der Waals surface area contributed by atoms with Crippen molar-refractivity contribution in [2.75, 3.05) is 13.2 Å². The summed E-state index contributed by atoms with van der Waals surface area (Å²) in [7, 11) is 0. The molecule has 3 rings (SSSR count). The zero-order chi connectivity index (χ0) is 17.0. The van der Waals surface area contributed by atoms with Gasteiger partial charge in [0.05, 0.1) is 11.5 Å². The van der Waals surface area contributed by atoms with E-state index in [2.05, 4.69) is 10.3 Å². The fourth-order valence-electron chi connectivity index (χ4n) is 3.26. The lowest BCUT2D eigenvalue weighted by Gasteiger charge is -2.37. The van der Waals surface area contributed by atoms with Crippen LogP contribution in [0.4, 0.5) is 0 Å². The molecule has 0 saturated carbocycles. The van der Waals surface area contributed by atoms with Crippen molar-refractivity contribution in [3.8, 4) is 0 Å². The maximum Gasteiger partial charge on any atom is 0.231 e. The molecule has 1 aromatic heterocycles. The Morgan fingerprint density at radius 3 is 2.54 bits per heavy atom. The highest BCUT2D eigenvalue weighted by atomic mass is 35.5. The first-order valence-electron chi connectivity index (χ1n) is 8.17. The molecule has 1 N–H and O–H groups in total. The Labute approximate surface area is 147 Å². The maximum atomic E-state index is 13.2. The first-order chi connectivity index (χ1) is 11.6. The average molecular weight is 345 g/mol. The summed E-state index contributed by atoms with van der Waals surface area (Å²) in [6.45, 7) is 3.09. The van der Waals surface area contributed by atoms with E-state index in [4.69, 9.17) is 16.3 Å². The predicted octanol–water partition coefficient (Wildman–Crippen LogP) is 3.66. The number of carbonyl (C=O) groups excluding carboxylic acids is 1. The lowest BCUT2D eigenvalue weighted by Crippen LogP contribution is -2.48. The van der Waals surface area contributed by atoms with E-state index in [0.717, 1.165) is 11.1 Å². The molecular weight excluding hydrogens is 324 g/mol. The van der Waals surface area contributed by atoms with Gasteiger partial charge in [0.2, 0.25) is 5.91 Å². The summed E-state index contributed by atoms with van der Waals surface area (Å²) in [6.07, 6.45) is 4.73. The van der Waals surface area contributed by atoms with Crippen molar-refractivity contribution in [1.29, 1.82) is 0 Å². The minimum atomic E-state index is -0.641. The lowest BCUT2D eigenvalue weighted by molar-refractivity contribution is -0.131. The second-order valence-electron chi connectivity index (χ2n) is 6.15. The number of ether oxygens (including phenoxy) is 1. The van der Waals surface area contributed by atoms with Gasteiger partial charge in [0.1, 0.15) is 0 Å². The van der Waals surface area contributed by atoms with E-state index >= 15 is 0 Å². The van der Waals surface area contributed by atoms with Gasteiger partial charge in [-0.15, -0.1) is 0 Å². The number of nitrogens with one attached hydrogen (secondary N) is 1. The number of halogens is 1. The number of hydrogen-bond acceptors (Lipinski definition) is 3. The molecular formula is C19H21ClN2O2. The van der Waals surface area contributed by atoms with Gasteiger partial charge >= 0.3 is 0 Å². The van der Waals surface area contributed by atoms with Gasteiger partial charge in [-0.25, -0.2) is 0 Å². The smallest absolute Gasteiger partial charge is 0.231 e. The van der Waals surface area contributed by atoms with Crippen LogP contribution in [-0.4, -0.2) is 24.1 Å². The molecule has 126 valence electrons. The Bertz CT molecular complexity index is 700. The van der Waals surface area contributed by atoms with Gasteiger partial charge in [0, 0.05) is 30.6 Å². The predicted molar refractivity (Wildman–Crippen MR) is 94.0 cm³/mol. The van der Waals surface area contributed by atoms with Gasteiger partial charge in [-0.1, -0.05) is 29.8 Å². The molecule has 24 heavy (non-hydrogen) atoms. The van der Waals surface area contributed by atoms with Crippen molar-refractivity contribution in [3.63, 3.8) is 0 Å². The molecule has 1 saturated heterocycles. The topological polar surface area (TPSA) is 51.2 Å². The molecule has 1 aromatic carbocycles. The van der Waals surface area contributed by atoms with Crippen LogP contribution in [0.5, 0.6) is 0 Å². The quantitative estimate of drug-likeness (QED) is 0.920. The third-order valence-corrected chi connectivity index (χ3v) is 5.05. The fraction of sp³-hybridized carbons (Fsp3) is 0.368. The molecule has 1 amide bonds. The fourth-order valence-corrected chi connectivity index (χ4v) is 3.57. The average Bonchev–Trinajstić information content (AvgIpc) is 2.63. The largest absolute Gasteiger partial charge is 0.381 e. The van der Waals surface area contributed by atoms with E-state index in [1.807, 2.05) is 43.3 Å². The highest BCUT2D eigenvalue weighted by Gasteiger charge is 2.43. The molecule has 2 heterocycles. The van der Waals surface area contributed by atoms with Crippen LogP contribution >= 0.6 is 11.6 Å². The van der Waals surface area contributed by atoms with Crippen LogP contribution < -0.4 is 5.32 Å². The van der Waals surface area contributed by atoms with Crippen molar-refractivity contribution < 1.29 is 9.53 Å². The summed E-state index contributed by atoms with van der Waals surface area (Å²) in [5.41, 5.74) is 1.27. The summed E-state index contributed by atoms with van der Waals surface area (Å²) in [5, 5.41) is 3.78. The molecule has 5 heteroatoms. The minimum Gasteiger partial charge on any atom is -0.381 e. The summed E-state index contributed by atoms with van der Waals surface area (Å²) in [4.78, 5) is 17.2. The normalized spacial score (nSPS) is 17.9. The van der Waals surface area contributed by atoms with Crippen LogP contribution in [0.3, 0.4) is 0 Å². The van der Waals surface area contributed by atoms with Gasteiger partial charge in [-0.05, 0) is 49.1 Å². The van der Waals surface area contributed by atoms with Crippen LogP contribution in [0.2, 0.25) is 5.02 Å². The second kappa shape index (κ2) is 7.32. The zero-order valence-electron chi connectivity index (χ0n) is 13.7. The third-order valence-electron chi connectivity index (χ3n) is 4.72. The molecule has 1 aliphatic rings. The minimum absolute atomic E-state index is 0.00297. The Kier molecular flexibility index (Phi) is 5.17. The molecule has 1 fully saturated rings. The standard InChI is InChI=1S/C19H21ClN2O2/c1-14(15-6-10-21-11-7-15)22-18(23)19(8-12-24-13-9-19)16-4-2-3-5-17(16)20/h2-7,10-11,14H,8-9,12-13H2,1H3,(H,22,23). The van der Waals surface area contributed by atoms with Crippen LogP contribution in [-0.2, 0) is 14.9 Å². The molecule has 0 aliphatic carbocycles. The maximum absolute atomic E-state index is 13.2. The van der Waals surface area contributed by atoms with Crippen molar-refractivity contribution in [2.45, 2.75) is 31.2 Å². The van der Waals surface area contributed by atoms with Gasteiger partial charge in [0.25, 0.3) is 0 Å². The molecule has 0 bridgehead atoms.